The number of unbranched alkanes of at least 4 members (excludes halogenated alkanes) is 2. The van der Waals surface area contributed by atoms with Crippen LogP contribution >= 0.6 is 0 Å². The number of aromatic hydroxyl groups is 1. The molecule has 0 amide bonds. The lowest BCUT2D eigenvalue weighted by Crippen LogP contribution is -2.53. The topological polar surface area (TPSA) is 32.7 Å². The number of hydrogen-bond acceptors (Lipinski definition) is 3. The lowest BCUT2D eigenvalue weighted by Gasteiger charge is -2.54. The molecule has 2 bridgehead atoms. The second-order valence-corrected chi connectivity index (χ2v) is 9.07. The molecule has 28 heavy (non-hydrogen) atoms. The molecule has 1 N–H and O–H groups in total. The fourth-order valence-electron chi connectivity index (χ4n) is 5.87. The minimum atomic E-state index is -0.209. The van der Waals surface area contributed by atoms with E-state index in [1.807, 2.05) is 6.07 Å². The Kier molecular flexibility index (Phi) is 5.62. The maximum Gasteiger partial charge on any atom is 0.149 e. The number of phenolic OH excluding ortho intramolecular Hbond substituents is 1. The summed E-state index contributed by atoms with van der Waals surface area (Å²) in [5.41, 5.74) is 4.85. The van der Waals surface area contributed by atoms with Crippen LogP contribution in [-0.2, 0) is 6.42 Å². The number of ether oxygens (including phenoxy) is 1. The van der Waals surface area contributed by atoms with Crippen molar-refractivity contribution in [2.24, 2.45) is 5.92 Å². The van der Waals surface area contributed by atoms with Gasteiger partial charge < -0.3 is 14.7 Å². The summed E-state index contributed by atoms with van der Waals surface area (Å²) in [4.78, 5) is 2.58. The summed E-state index contributed by atoms with van der Waals surface area (Å²) in [7, 11) is 0. The summed E-state index contributed by atoms with van der Waals surface area (Å²) in [6.07, 6.45) is 11.4. The molecule has 0 aliphatic carbocycles. The standard InChI is InChI=1S/C25H37NO2/c1-4-7-8-9-18-16-20(27)23-21(17-18)28-25(12-5-2,13-6-3)24-22(23)19-10-14-26(24)15-11-19/h16-17,19,27H,4-15H2,1-3H3. The summed E-state index contributed by atoms with van der Waals surface area (Å²) in [5.74, 6) is 1.96. The zero-order valence-electron chi connectivity index (χ0n) is 18.0. The number of benzene rings is 1. The van der Waals surface area contributed by atoms with E-state index in [4.69, 9.17) is 4.74 Å². The first-order valence-corrected chi connectivity index (χ1v) is 11.7. The Morgan fingerprint density at radius 3 is 2.39 bits per heavy atom. The van der Waals surface area contributed by atoms with Gasteiger partial charge in [0, 0.05) is 13.1 Å². The van der Waals surface area contributed by atoms with E-state index in [1.165, 1.54) is 48.9 Å². The third-order valence-electron chi connectivity index (χ3n) is 7.00. The van der Waals surface area contributed by atoms with Gasteiger partial charge in [0.15, 0.2) is 0 Å². The number of aryl methyl sites for hydroxylation is 1. The Balaban J connectivity index is 1.83. The maximum absolute atomic E-state index is 11.1. The number of allylic oxidation sites excluding steroid dienone is 1. The number of piperidine rings is 1. The molecular weight excluding hydrogens is 346 g/mol. The molecule has 0 unspecified atom stereocenters. The van der Waals surface area contributed by atoms with Gasteiger partial charge in [0.1, 0.15) is 17.1 Å². The molecule has 4 aliphatic rings. The maximum atomic E-state index is 11.1. The number of hydrogen-bond donors (Lipinski definition) is 1. The summed E-state index contributed by atoms with van der Waals surface area (Å²) >= 11 is 0. The molecule has 154 valence electrons. The quantitative estimate of drug-likeness (QED) is 0.535. The number of phenols is 1. The number of nitrogens with zero attached hydrogens (tertiary/aromatic N) is 1. The lowest BCUT2D eigenvalue weighted by molar-refractivity contribution is 0.0323. The van der Waals surface area contributed by atoms with Crippen LogP contribution in [0.3, 0.4) is 0 Å². The molecule has 1 saturated heterocycles. The van der Waals surface area contributed by atoms with Crippen LogP contribution in [0, 0.1) is 5.92 Å². The van der Waals surface area contributed by atoms with Crippen LogP contribution in [-0.4, -0.2) is 28.7 Å². The largest absolute Gasteiger partial charge is 0.507 e. The van der Waals surface area contributed by atoms with Crippen molar-refractivity contribution in [2.75, 3.05) is 13.1 Å². The van der Waals surface area contributed by atoms with Crippen LogP contribution in [0.15, 0.2) is 17.8 Å². The van der Waals surface area contributed by atoms with Crippen LogP contribution in [0.1, 0.15) is 89.7 Å². The molecular formula is C25H37NO2. The Bertz CT molecular complexity index is 737. The molecule has 3 nitrogen and oxygen atoms in total. The van der Waals surface area contributed by atoms with E-state index >= 15 is 0 Å². The molecule has 1 aromatic carbocycles. The summed E-state index contributed by atoms with van der Waals surface area (Å²) in [5, 5.41) is 11.1. The SMILES string of the molecule is CCCCCc1cc(O)c2c(c1)OC(CCC)(CCC)C1=C2C2CCN1CC2. The van der Waals surface area contributed by atoms with Crippen LogP contribution in [0.4, 0.5) is 0 Å². The van der Waals surface area contributed by atoms with Gasteiger partial charge in [-0.05, 0) is 67.7 Å². The third kappa shape index (κ3) is 3.21. The summed E-state index contributed by atoms with van der Waals surface area (Å²) in [6, 6.07) is 4.25. The van der Waals surface area contributed by atoms with Gasteiger partial charge in [-0.3, -0.25) is 0 Å². The van der Waals surface area contributed by atoms with E-state index in [-0.39, 0.29) is 5.60 Å². The van der Waals surface area contributed by atoms with Crippen molar-refractivity contribution in [1.82, 2.24) is 4.90 Å². The van der Waals surface area contributed by atoms with Crippen LogP contribution in [0.5, 0.6) is 11.5 Å². The van der Waals surface area contributed by atoms with Crippen molar-refractivity contribution in [1.29, 1.82) is 0 Å². The van der Waals surface area contributed by atoms with E-state index in [1.54, 1.807) is 0 Å². The van der Waals surface area contributed by atoms with Crippen LogP contribution in [0.25, 0.3) is 5.57 Å². The minimum Gasteiger partial charge on any atom is -0.507 e. The van der Waals surface area contributed by atoms with Gasteiger partial charge in [0.2, 0.25) is 0 Å². The smallest absolute Gasteiger partial charge is 0.149 e. The first-order valence-electron chi connectivity index (χ1n) is 11.7. The lowest BCUT2D eigenvalue weighted by atomic mass is 9.71. The average Bonchev–Trinajstić information content (AvgIpc) is 2.69. The molecule has 1 aromatic rings. The van der Waals surface area contributed by atoms with Gasteiger partial charge in [0.05, 0.1) is 11.3 Å². The predicted octanol–water partition coefficient (Wildman–Crippen LogP) is 6.29. The van der Waals surface area contributed by atoms with Crippen molar-refractivity contribution in [3.05, 3.63) is 29.0 Å². The molecule has 3 heteroatoms. The first-order chi connectivity index (χ1) is 13.6. The molecule has 4 heterocycles. The van der Waals surface area contributed by atoms with Crippen molar-refractivity contribution in [3.8, 4) is 11.5 Å². The molecule has 0 radical (unpaired) electrons. The highest BCUT2D eigenvalue weighted by Gasteiger charge is 2.50. The van der Waals surface area contributed by atoms with Crippen molar-refractivity contribution >= 4 is 5.57 Å². The van der Waals surface area contributed by atoms with E-state index in [2.05, 4.69) is 31.7 Å². The van der Waals surface area contributed by atoms with Crippen LogP contribution < -0.4 is 4.74 Å². The third-order valence-corrected chi connectivity index (χ3v) is 7.00. The van der Waals surface area contributed by atoms with Crippen molar-refractivity contribution in [2.45, 2.75) is 90.6 Å². The van der Waals surface area contributed by atoms with Gasteiger partial charge in [-0.2, -0.15) is 0 Å². The highest BCUT2D eigenvalue weighted by Crippen LogP contribution is 2.56. The second-order valence-electron chi connectivity index (χ2n) is 9.07. The van der Waals surface area contributed by atoms with Crippen molar-refractivity contribution < 1.29 is 9.84 Å². The van der Waals surface area contributed by atoms with Crippen molar-refractivity contribution in [3.63, 3.8) is 0 Å². The van der Waals surface area contributed by atoms with Gasteiger partial charge in [-0.1, -0.05) is 46.5 Å². The number of fused-ring (bicyclic) bond motifs is 3. The zero-order chi connectivity index (χ0) is 19.7. The van der Waals surface area contributed by atoms with E-state index in [0.29, 0.717) is 11.7 Å². The first kappa shape index (κ1) is 19.7. The predicted molar refractivity (Wildman–Crippen MR) is 116 cm³/mol. The molecule has 1 fully saturated rings. The molecule has 0 aromatic heterocycles. The van der Waals surface area contributed by atoms with Crippen LogP contribution in [0.2, 0.25) is 0 Å². The Labute approximate surface area is 170 Å². The Morgan fingerprint density at radius 2 is 1.75 bits per heavy atom. The Morgan fingerprint density at radius 1 is 1.04 bits per heavy atom. The van der Waals surface area contributed by atoms with E-state index in [0.717, 1.165) is 56.5 Å². The van der Waals surface area contributed by atoms with Gasteiger partial charge in [-0.15, -0.1) is 0 Å². The monoisotopic (exact) mass is 383 g/mol. The molecule has 5 rings (SSSR count). The molecule has 4 aliphatic heterocycles. The second kappa shape index (κ2) is 8.00. The summed E-state index contributed by atoms with van der Waals surface area (Å²) in [6.45, 7) is 9.07. The molecule has 0 atom stereocenters. The van der Waals surface area contributed by atoms with Gasteiger partial charge in [-0.25, -0.2) is 0 Å². The average molecular weight is 384 g/mol. The molecule has 0 spiro atoms. The van der Waals surface area contributed by atoms with E-state index < -0.39 is 0 Å². The van der Waals surface area contributed by atoms with E-state index in [9.17, 15) is 5.11 Å². The highest BCUT2D eigenvalue weighted by molar-refractivity contribution is 5.83. The molecule has 0 saturated carbocycles. The fraction of sp³-hybridized carbons (Fsp3) is 0.680. The zero-order valence-corrected chi connectivity index (χ0v) is 18.0. The Hall–Kier alpha value is -1.64. The van der Waals surface area contributed by atoms with Gasteiger partial charge in [0.25, 0.3) is 0 Å². The highest BCUT2D eigenvalue weighted by atomic mass is 16.5. The minimum absolute atomic E-state index is 0.209. The van der Waals surface area contributed by atoms with Gasteiger partial charge >= 0.3 is 0 Å². The fourth-order valence-corrected chi connectivity index (χ4v) is 5.87. The summed E-state index contributed by atoms with van der Waals surface area (Å²) < 4.78 is 6.89. The number of rotatable bonds is 8. The normalized spacial score (nSPS) is 20.2.